The van der Waals surface area contributed by atoms with E-state index in [1.807, 2.05) is 68.6 Å². The predicted octanol–water partition coefficient (Wildman–Crippen LogP) is 4.88. The summed E-state index contributed by atoms with van der Waals surface area (Å²) in [4.78, 5) is 28.7. The number of benzene rings is 1. The summed E-state index contributed by atoms with van der Waals surface area (Å²) >= 11 is 0. The third kappa shape index (κ3) is 5.22. The van der Waals surface area contributed by atoms with E-state index in [0.717, 1.165) is 39.2 Å². The number of pyridine rings is 2. The number of aryl methyl sites for hydroxylation is 2. The number of amides is 1. The van der Waals surface area contributed by atoms with Gasteiger partial charge in [0.2, 0.25) is 5.75 Å². The second kappa shape index (κ2) is 11.2. The second-order valence-electron chi connectivity index (χ2n) is 9.51. The van der Waals surface area contributed by atoms with Crippen molar-refractivity contribution in [3.05, 3.63) is 80.5 Å². The molecule has 0 radical (unpaired) electrons. The van der Waals surface area contributed by atoms with E-state index in [4.69, 9.17) is 18.9 Å². The minimum Gasteiger partial charge on any atom is -0.493 e. The van der Waals surface area contributed by atoms with Crippen molar-refractivity contribution in [2.45, 2.75) is 40.3 Å². The number of aromatic amines is 1. The van der Waals surface area contributed by atoms with Gasteiger partial charge in [-0.05, 0) is 74.7 Å². The van der Waals surface area contributed by atoms with Crippen LogP contribution in [0.4, 0.5) is 0 Å². The van der Waals surface area contributed by atoms with E-state index in [1.165, 1.54) is 0 Å². The predicted molar refractivity (Wildman–Crippen MR) is 150 cm³/mol. The van der Waals surface area contributed by atoms with E-state index in [1.54, 1.807) is 28.4 Å². The summed E-state index contributed by atoms with van der Waals surface area (Å²) in [6, 6.07) is 9.51. The Balaban J connectivity index is 1.80. The van der Waals surface area contributed by atoms with Crippen molar-refractivity contribution >= 4 is 11.4 Å². The number of carbonyl (C=O) groups is 1. The molecule has 206 valence electrons. The van der Waals surface area contributed by atoms with Crippen LogP contribution in [0.15, 0.2) is 41.3 Å². The molecule has 2 N–H and O–H groups in total. The molecule has 39 heavy (non-hydrogen) atoms. The van der Waals surface area contributed by atoms with E-state index in [9.17, 15) is 9.59 Å². The smallest absolute Gasteiger partial charge is 0.253 e. The van der Waals surface area contributed by atoms with E-state index in [0.29, 0.717) is 28.4 Å². The van der Waals surface area contributed by atoms with Crippen molar-refractivity contribution in [2.24, 2.45) is 0 Å². The molecular formula is C30H35N3O6. The highest BCUT2D eigenvalue weighted by atomic mass is 16.5. The van der Waals surface area contributed by atoms with Gasteiger partial charge in [0.1, 0.15) is 0 Å². The van der Waals surface area contributed by atoms with Gasteiger partial charge < -0.3 is 33.6 Å². The summed E-state index contributed by atoms with van der Waals surface area (Å²) in [6.45, 7) is 7.67. The Labute approximate surface area is 227 Å². The molecule has 1 unspecified atom stereocenters. The SMILES string of the molecule is COc1cc(-c2cc3cc(C(=O)NCc4c(C)cc(C)[nH]c4=O)c(C)c(C(C)OC)n3c2)cc(OC)c1OC. The molecule has 1 atom stereocenters. The molecule has 0 aliphatic heterocycles. The van der Waals surface area contributed by atoms with Crippen molar-refractivity contribution in [3.8, 4) is 28.4 Å². The zero-order chi connectivity index (χ0) is 28.4. The summed E-state index contributed by atoms with van der Waals surface area (Å²) in [5.41, 5.74) is 6.68. The van der Waals surface area contributed by atoms with Gasteiger partial charge in [-0.1, -0.05) is 0 Å². The lowest BCUT2D eigenvalue weighted by Crippen LogP contribution is -2.29. The molecule has 4 aromatic rings. The fourth-order valence-electron chi connectivity index (χ4n) is 4.99. The van der Waals surface area contributed by atoms with Crippen LogP contribution in [-0.4, -0.2) is 43.7 Å². The van der Waals surface area contributed by atoms with Crippen LogP contribution in [0, 0.1) is 20.8 Å². The van der Waals surface area contributed by atoms with Crippen LogP contribution in [0.5, 0.6) is 17.2 Å². The van der Waals surface area contributed by atoms with Crippen molar-refractivity contribution in [1.82, 2.24) is 14.7 Å². The highest BCUT2D eigenvalue weighted by Crippen LogP contribution is 2.42. The molecule has 9 nitrogen and oxygen atoms in total. The Bertz CT molecular complexity index is 1580. The molecule has 0 saturated heterocycles. The summed E-state index contributed by atoms with van der Waals surface area (Å²) in [5, 5.41) is 2.93. The Morgan fingerprint density at radius 3 is 2.18 bits per heavy atom. The van der Waals surface area contributed by atoms with Crippen LogP contribution in [0.2, 0.25) is 0 Å². The molecular weight excluding hydrogens is 498 g/mol. The molecule has 0 aliphatic rings. The molecule has 1 aromatic carbocycles. The van der Waals surface area contributed by atoms with E-state index in [2.05, 4.69) is 10.3 Å². The maximum Gasteiger partial charge on any atom is 0.253 e. The van der Waals surface area contributed by atoms with Crippen molar-refractivity contribution in [1.29, 1.82) is 0 Å². The normalized spacial score (nSPS) is 11.9. The number of carbonyl (C=O) groups excluding carboxylic acids is 1. The summed E-state index contributed by atoms with van der Waals surface area (Å²) in [5.74, 6) is 1.34. The average molecular weight is 534 g/mol. The highest BCUT2D eigenvalue weighted by Gasteiger charge is 2.22. The Hall–Kier alpha value is -4.24. The number of aromatic nitrogens is 2. The quantitative estimate of drug-likeness (QED) is 0.318. The lowest BCUT2D eigenvalue weighted by atomic mass is 10.0. The number of hydrogen-bond donors (Lipinski definition) is 2. The first-order chi connectivity index (χ1) is 18.6. The summed E-state index contributed by atoms with van der Waals surface area (Å²) in [7, 11) is 6.36. The van der Waals surface area contributed by atoms with Crippen molar-refractivity contribution in [2.75, 3.05) is 28.4 Å². The fraction of sp³-hybridized carbons (Fsp3) is 0.333. The minimum absolute atomic E-state index is 0.123. The molecule has 0 aliphatic carbocycles. The molecule has 9 heteroatoms. The van der Waals surface area contributed by atoms with Gasteiger partial charge in [0.15, 0.2) is 11.5 Å². The molecule has 0 spiro atoms. The number of rotatable bonds is 9. The fourth-order valence-corrected chi connectivity index (χ4v) is 4.99. The second-order valence-corrected chi connectivity index (χ2v) is 9.51. The molecule has 1 amide bonds. The first-order valence-corrected chi connectivity index (χ1v) is 12.6. The first-order valence-electron chi connectivity index (χ1n) is 12.6. The van der Waals surface area contributed by atoms with Crippen LogP contribution >= 0.6 is 0 Å². The van der Waals surface area contributed by atoms with Crippen LogP contribution in [0.3, 0.4) is 0 Å². The molecule has 0 saturated carbocycles. The van der Waals surface area contributed by atoms with Gasteiger partial charge in [-0.3, -0.25) is 9.59 Å². The first kappa shape index (κ1) is 27.8. The summed E-state index contributed by atoms with van der Waals surface area (Å²) in [6.07, 6.45) is 1.72. The standard InChI is InChI=1S/C30H35N3O6/c1-16-9-17(2)32-30(35)24(16)14-31-29(34)23-13-22-10-21(15-33(22)27(18(23)3)19(4)36-5)20-11-25(37-6)28(39-8)26(12-20)38-7/h9-13,15,19H,14H2,1-8H3,(H,31,34)(H,32,35). The maximum absolute atomic E-state index is 13.4. The number of H-pyrrole nitrogens is 1. The third-order valence-electron chi connectivity index (χ3n) is 7.09. The van der Waals surface area contributed by atoms with E-state index < -0.39 is 0 Å². The molecule has 0 fully saturated rings. The number of nitrogens with zero attached hydrogens (tertiary/aromatic N) is 1. The monoisotopic (exact) mass is 533 g/mol. The van der Waals surface area contributed by atoms with Crippen LogP contribution < -0.4 is 25.1 Å². The Morgan fingerprint density at radius 2 is 1.62 bits per heavy atom. The van der Waals surface area contributed by atoms with Gasteiger partial charge in [-0.2, -0.15) is 0 Å². The zero-order valence-corrected chi connectivity index (χ0v) is 23.6. The van der Waals surface area contributed by atoms with Crippen LogP contribution in [0.25, 0.3) is 16.6 Å². The van der Waals surface area contributed by atoms with Gasteiger partial charge in [-0.25, -0.2) is 0 Å². The molecule has 3 aromatic heterocycles. The third-order valence-corrected chi connectivity index (χ3v) is 7.09. The minimum atomic E-state index is -0.289. The lowest BCUT2D eigenvalue weighted by Gasteiger charge is -2.19. The Kier molecular flexibility index (Phi) is 8.01. The zero-order valence-electron chi connectivity index (χ0n) is 23.6. The number of nitrogens with one attached hydrogen (secondary N) is 2. The number of hydrogen-bond acceptors (Lipinski definition) is 6. The topological polar surface area (TPSA) is 103 Å². The van der Waals surface area contributed by atoms with Gasteiger partial charge in [0.25, 0.3) is 11.5 Å². The summed E-state index contributed by atoms with van der Waals surface area (Å²) < 4.78 is 24.3. The van der Waals surface area contributed by atoms with Crippen molar-refractivity contribution < 1.29 is 23.7 Å². The van der Waals surface area contributed by atoms with Gasteiger partial charge in [-0.15, -0.1) is 0 Å². The Morgan fingerprint density at radius 1 is 0.949 bits per heavy atom. The number of fused-ring (bicyclic) bond motifs is 1. The van der Waals surface area contributed by atoms with Crippen LogP contribution in [0.1, 0.15) is 51.5 Å². The van der Waals surface area contributed by atoms with E-state index >= 15 is 0 Å². The number of methoxy groups -OCH3 is 4. The van der Waals surface area contributed by atoms with Gasteiger partial charge in [0.05, 0.1) is 33.1 Å². The van der Waals surface area contributed by atoms with E-state index in [-0.39, 0.29) is 24.1 Å². The molecule has 0 bridgehead atoms. The maximum atomic E-state index is 13.4. The van der Waals surface area contributed by atoms with Gasteiger partial charge in [0, 0.05) is 47.8 Å². The molecule has 4 rings (SSSR count). The van der Waals surface area contributed by atoms with Crippen molar-refractivity contribution in [3.63, 3.8) is 0 Å². The number of ether oxygens (including phenoxy) is 4. The lowest BCUT2D eigenvalue weighted by molar-refractivity contribution is 0.0948. The molecule has 3 heterocycles. The average Bonchev–Trinajstić information content (AvgIpc) is 3.34. The van der Waals surface area contributed by atoms with Gasteiger partial charge >= 0.3 is 0 Å². The van der Waals surface area contributed by atoms with Crippen LogP contribution in [-0.2, 0) is 11.3 Å². The highest BCUT2D eigenvalue weighted by molar-refractivity contribution is 5.97. The largest absolute Gasteiger partial charge is 0.493 e.